The van der Waals surface area contributed by atoms with Gasteiger partial charge >= 0.3 is 5.97 Å². The van der Waals surface area contributed by atoms with Gasteiger partial charge in [0.15, 0.2) is 6.29 Å². The molecule has 2 rings (SSSR count). The Bertz CT molecular complexity index is 611. The smallest absolute Gasteiger partial charge is 0.341 e. The summed E-state index contributed by atoms with van der Waals surface area (Å²) in [5.41, 5.74) is 1.42. The van der Waals surface area contributed by atoms with Gasteiger partial charge in [0.1, 0.15) is 5.82 Å². The van der Waals surface area contributed by atoms with Gasteiger partial charge in [0.2, 0.25) is 0 Å². The highest BCUT2D eigenvalue weighted by molar-refractivity contribution is 5.91. The number of aryl methyl sites for hydroxylation is 1. The van der Waals surface area contributed by atoms with Crippen LogP contribution in [0.1, 0.15) is 68.3 Å². The number of halogens is 1. The van der Waals surface area contributed by atoms with Gasteiger partial charge in [-0.2, -0.15) is 0 Å². The van der Waals surface area contributed by atoms with Crippen LogP contribution in [0.2, 0.25) is 0 Å². The minimum absolute atomic E-state index is 0.0137. The second-order valence-corrected chi connectivity index (χ2v) is 7.75. The predicted molar refractivity (Wildman–Crippen MR) is 113 cm³/mol. The maximum atomic E-state index is 14.5. The first-order chi connectivity index (χ1) is 14.0. The molecular weight excluding hydrogens is 373 g/mol. The van der Waals surface area contributed by atoms with E-state index in [-0.39, 0.29) is 11.9 Å². The zero-order valence-electron chi connectivity index (χ0n) is 18.3. The van der Waals surface area contributed by atoms with Gasteiger partial charge in [0.25, 0.3) is 0 Å². The molecule has 0 amide bonds. The lowest BCUT2D eigenvalue weighted by Gasteiger charge is -2.37. The summed E-state index contributed by atoms with van der Waals surface area (Å²) in [6.45, 7) is 9.13. The van der Waals surface area contributed by atoms with Crippen molar-refractivity contribution in [3.05, 3.63) is 29.1 Å². The van der Waals surface area contributed by atoms with Crippen molar-refractivity contribution in [1.29, 1.82) is 0 Å². The number of benzene rings is 1. The quantitative estimate of drug-likeness (QED) is 0.289. The Morgan fingerprint density at radius 3 is 2.21 bits per heavy atom. The normalized spacial score (nSPS) is 15.2. The first-order valence-electron chi connectivity index (χ1n) is 10.9. The van der Waals surface area contributed by atoms with E-state index in [9.17, 15) is 9.18 Å². The number of ether oxygens (including phenoxy) is 3. The average molecular weight is 410 g/mol. The summed E-state index contributed by atoms with van der Waals surface area (Å²) in [6, 6.07) is 3.30. The van der Waals surface area contributed by atoms with E-state index in [0.29, 0.717) is 11.5 Å². The van der Waals surface area contributed by atoms with Crippen LogP contribution in [0.4, 0.5) is 10.1 Å². The number of piperidine rings is 1. The highest BCUT2D eigenvalue weighted by Gasteiger charge is 2.29. The number of carbonyl (C=O) groups excluding carboxylic acids is 1. The molecule has 0 unspecified atom stereocenters. The number of rotatable bonds is 11. The van der Waals surface area contributed by atoms with Gasteiger partial charge < -0.3 is 19.1 Å². The van der Waals surface area contributed by atoms with Crippen LogP contribution in [0.15, 0.2) is 12.1 Å². The Morgan fingerprint density at radius 1 is 1.14 bits per heavy atom. The summed E-state index contributed by atoms with van der Waals surface area (Å²) in [5, 5.41) is 0. The molecule has 1 aromatic carbocycles. The summed E-state index contributed by atoms with van der Waals surface area (Å²) >= 11 is 0. The van der Waals surface area contributed by atoms with Crippen LogP contribution in [0.3, 0.4) is 0 Å². The fraction of sp³-hybridized carbons (Fsp3) is 0.696. The monoisotopic (exact) mass is 409 g/mol. The molecule has 0 spiro atoms. The topological polar surface area (TPSA) is 48.0 Å². The number of nitrogens with zero attached hydrogens (tertiary/aromatic N) is 1. The van der Waals surface area contributed by atoms with E-state index in [1.165, 1.54) is 13.2 Å². The Labute approximate surface area is 174 Å². The van der Waals surface area contributed by atoms with E-state index >= 15 is 0 Å². The lowest BCUT2D eigenvalue weighted by Crippen LogP contribution is -2.40. The van der Waals surface area contributed by atoms with Crippen molar-refractivity contribution in [2.24, 2.45) is 5.92 Å². The fourth-order valence-electron chi connectivity index (χ4n) is 3.71. The average Bonchev–Trinajstić information content (AvgIpc) is 2.72. The molecule has 6 heteroatoms. The van der Waals surface area contributed by atoms with E-state index in [0.717, 1.165) is 70.5 Å². The van der Waals surface area contributed by atoms with Crippen molar-refractivity contribution in [3.8, 4) is 0 Å². The predicted octanol–water partition coefficient (Wildman–Crippen LogP) is 5.10. The molecule has 5 nitrogen and oxygen atoms in total. The molecule has 0 radical (unpaired) electrons. The molecule has 0 N–H and O–H groups in total. The van der Waals surface area contributed by atoms with E-state index in [1.807, 2.05) is 6.07 Å². The first-order valence-corrected chi connectivity index (χ1v) is 10.9. The van der Waals surface area contributed by atoms with Gasteiger partial charge in [-0.1, -0.05) is 26.7 Å². The van der Waals surface area contributed by atoms with Gasteiger partial charge in [0.05, 0.1) is 12.7 Å². The maximum absolute atomic E-state index is 14.5. The second kappa shape index (κ2) is 12.1. The molecule has 0 aliphatic carbocycles. The largest absolute Gasteiger partial charge is 0.465 e. The van der Waals surface area contributed by atoms with Crippen molar-refractivity contribution >= 4 is 11.7 Å². The molecule has 1 fully saturated rings. The summed E-state index contributed by atoms with van der Waals surface area (Å²) in [7, 11) is 1.27. The van der Waals surface area contributed by atoms with E-state index < -0.39 is 11.8 Å². The van der Waals surface area contributed by atoms with Crippen molar-refractivity contribution in [2.75, 3.05) is 38.3 Å². The Balaban J connectivity index is 1.99. The number of methoxy groups -OCH3 is 1. The molecule has 1 heterocycles. The third-order valence-electron chi connectivity index (χ3n) is 5.51. The molecule has 0 saturated carbocycles. The van der Waals surface area contributed by atoms with Crippen molar-refractivity contribution in [3.63, 3.8) is 0 Å². The number of unbranched alkanes of at least 4 members (excludes halogenated alkanes) is 2. The molecule has 29 heavy (non-hydrogen) atoms. The van der Waals surface area contributed by atoms with Gasteiger partial charge in [-0.3, -0.25) is 0 Å². The third-order valence-corrected chi connectivity index (χ3v) is 5.51. The minimum Gasteiger partial charge on any atom is -0.465 e. The van der Waals surface area contributed by atoms with Crippen LogP contribution in [-0.2, 0) is 14.2 Å². The van der Waals surface area contributed by atoms with E-state index in [1.54, 1.807) is 6.92 Å². The highest BCUT2D eigenvalue weighted by atomic mass is 19.1. The molecule has 164 valence electrons. The lowest BCUT2D eigenvalue weighted by molar-refractivity contribution is -0.177. The summed E-state index contributed by atoms with van der Waals surface area (Å²) < 4.78 is 31.3. The molecule has 1 aliphatic rings. The summed E-state index contributed by atoms with van der Waals surface area (Å²) in [6.07, 6.45) is 5.99. The van der Waals surface area contributed by atoms with Crippen LogP contribution in [0, 0.1) is 18.7 Å². The first kappa shape index (κ1) is 23.6. The van der Waals surface area contributed by atoms with Gasteiger partial charge in [-0.15, -0.1) is 0 Å². The van der Waals surface area contributed by atoms with Gasteiger partial charge in [-0.25, -0.2) is 9.18 Å². The standard InChI is InChI=1S/C23H36FNO4/c1-5-7-13-28-23(29-14-8-6-2)18-9-11-25(12-10-18)19-15-17(3)21(20(24)16-19)22(26)27-4/h15-16,18,23H,5-14H2,1-4H3. The Morgan fingerprint density at radius 2 is 1.72 bits per heavy atom. The second-order valence-electron chi connectivity index (χ2n) is 7.75. The highest BCUT2D eigenvalue weighted by Crippen LogP contribution is 2.30. The van der Waals surface area contributed by atoms with Crippen LogP contribution < -0.4 is 4.90 Å². The SMILES string of the molecule is CCCCOC(OCCCC)C1CCN(c2cc(C)c(C(=O)OC)c(F)c2)CC1. The number of esters is 1. The molecule has 1 aliphatic heterocycles. The number of anilines is 1. The van der Waals surface area contributed by atoms with Crippen molar-refractivity contribution in [2.45, 2.75) is 65.6 Å². The van der Waals surface area contributed by atoms with Crippen molar-refractivity contribution in [1.82, 2.24) is 0 Å². The lowest BCUT2D eigenvalue weighted by atomic mass is 9.95. The van der Waals surface area contributed by atoms with Crippen LogP contribution >= 0.6 is 0 Å². The number of hydrogen-bond donors (Lipinski definition) is 0. The van der Waals surface area contributed by atoms with Crippen LogP contribution in [-0.4, -0.2) is 45.7 Å². The number of carbonyl (C=O) groups is 1. The van der Waals surface area contributed by atoms with Gasteiger partial charge in [-0.05, 0) is 50.3 Å². The van der Waals surface area contributed by atoms with E-state index in [4.69, 9.17) is 9.47 Å². The maximum Gasteiger partial charge on any atom is 0.341 e. The molecule has 0 atom stereocenters. The Hall–Kier alpha value is -1.66. The number of hydrogen-bond acceptors (Lipinski definition) is 5. The van der Waals surface area contributed by atoms with E-state index in [2.05, 4.69) is 23.5 Å². The molecule has 0 aromatic heterocycles. The molecule has 0 bridgehead atoms. The van der Waals surface area contributed by atoms with Crippen molar-refractivity contribution < 1.29 is 23.4 Å². The van der Waals surface area contributed by atoms with Crippen LogP contribution in [0.25, 0.3) is 0 Å². The minimum atomic E-state index is -0.637. The third kappa shape index (κ3) is 6.68. The fourth-order valence-corrected chi connectivity index (χ4v) is 3.71. The zero-order chi connectivity index (χ0) is 21.2. The molecular formula is C23H36FNO4. The summed E-state index contributed by atoms with van der Waals surface area (Å²) in [5.74, 6) is -0.820. The molecule has 1 aromatic rings. The molecule has 1 saturated heterocycles. The summed E-state index contributed by atoms with van der Waals surface area (Å²) in [4.78, 5) is 13.9. The van der Waals surface area contributed by atoms with Crippen LogP contribution in [0.5, 0.6) is 0 Å². The Kier molecular flexibility index (Phi) is 9.88. The zero-order valence-corrected chi connectivity index (χ0v) is 18.3. The van der Waals surface area contributed by atoms with Gasteiger partial charge in [0, 0.05) is 37.9 Å².